The van der Waals surface area contributed by atoms with Gasteiger partial charge in [-0.05, 0) is 18.9 Å². The first kappa shape index (κ1) is 28.1. The molecule has 5 unspecified atom stereocenters. The number of nitrogens with one attached hydrogen (secondary N) is 2. The molecule has 0 aromatic heterocycles. The summed E-state index contributed by atoms with van der Waals surface area (Å²) in [6.07, 6.45) is 1.75. The highest BCUT2D eigenvalue weighted by atomic mass is 32.1. The molecule has 172 valence electrons. The molecule has 0 rings (SSSR count). The molecule has 0 saturated carbocycles. The lowest BCUT2D eigenvalue weighted by Crippen LogP contribution is -2.56. The minimum absolute atomic E-state index is 0.0172. The molecule has 8 nitrogen and oxygen atoms in total. The molecule has 6 atom stereocenters. The molecule has 0 fully saturated rings. The third kappa shape index (κ3) is 10.1. The van der Waals surface area contributed by atoms with Crippen LogP contribution in [-0.2, 0) is 9.59 Å². The van der Waals surface area contributed by atoms with Crippen molar-refractivity contribution in [3.8, 4) is 0 Å². The first-order valence-electron chi connectivity index (χ1n) is 10.6. The summed E-state index contributed by atoms with van der Waals surface area (Å²) in [5, 5.41) is 24.5. The summed E-state index contributed by atoms with van der Waals surface area (Å²) in [6, 6.07) is -1.46. The molecule has 0 aromatic carbocycles. The van der Waals surface area contributed by atoms with Crippen molar-refractivity contribution in [2.75, 3.05) is 32.5 Å². The Balaban J connectivity index is 5.34. The normalized spacial score (nSPS) is 18.0. The molecule has 0 heterocycles. The zero-order valence-electron chi connectivity index (χ0n) is 18.6. The third-order valence-corrected chi connectivity index (χ3v) is 6.12. The van der Waals surface area contributed by atoms with E-state index in [9.17, 15) is 14.7 Å². The number of likely N-dealkylation sites (N-methyl/N-ethyl adjacent to an activating group) is 1. The number of rotatable bonds is 16. The summed E-state index contributed by atoms with van der Waals surface area (Å²) in [4.78, 5) is 26.3. The van der Waals surface area contributed by atoms with Gasteiger partial charge in [-0.2, -0.15) is 12.6 Å². The predicted octanol–water partition coefficient (Wildman–Crippen LogP) is 0.546. The Morgan fingerprint density at radius 1 is 1.17 bits per heavy atom. The van der Waals surface area contributed by atoms with Crippen LogP contribution < -0.4 is 16.4 Å². The van der Waals surface area contributed by atoms with Crippen molar-refractivity contribution in [3.63, 3.8) is 0 Å². The largest absolute Gasteiger partial charge is 0.480 e. The van der Waals surface area contributed by atoms with Crippen molar-refractivity contribution < 1.29 is 19.8 Å². The van der Waals surface area contributed by atoms with Crippen LogP contribution in [0.25, 0.3) is 0 Å². The number of carboxylic acids is 1. The summed E-state index contributed by atoms with van der Waals surface area (Å²) in [5.41, 5.74) is 5.99. The molecule has 0 aliphatic rings. The van der Waals surface area contributed by atoms with Crippen molar-refractivity contribution in [2.45, 2.75) is 71.1 Å². The third-order valence-electron chi connectivity index (χ3n) is 5.65. The van der Waals surface area contributed by atoms with E-state index in [1.54, 1.807) is 0 Å². The Morgan fingerprint density at radius 3 is 2.21 bits per heavy atom. The van der Waals surface area contributed by atoms with Gasteiger partial charge in [0, 0.05) is 44.0 Å². The van der Waals surface area contributed by atoms with E-state index >= 15 is 0 Å². The van der Waals surface area contributed by atoms with Gasteiger partial charge in [0.25, 0.3) is 0 Å². The smallest absolute Gasteiger partial charge is 0.326 e. The molecular weight excluding hydrogens is 392 g/mol. The van der Waals surface area contributed by atoms with Crippen LogP contribution in [0.15, 0.2) is 0 Å². The Morgan fingerprint density at radius 2 is 1.76 bits per heavy atom. The standard InChI is InChI=1S/C20H42N4O4S/c1-6-13(3)17(22-10-15(21)12-29)11-24(5)18(14(4)7-2)19(26)23-16(8-9-25)20(27)28/h13-18,22,25,29H,6-12,21H2,1-5H3,(H,23,26)(H,27,28)/t13?,14?,15-,16?,17?,18?/m0/s1. The van der Waals surface area contributed by atoms with Gasteiger partial charge in [-0.15, -0.1) is 0 Å². The van der Waals surface area contributed by atoms with Crippen LogP contribution in [-0.4, -0.2) is 83.7 Å². The van der Waals surface area contributed by atoms with Crippen molar-refractivity contribution >= 4 is 24.5 Å². The number of aliphatic hydroxyl groups excluding tert-OH is 1. The highest BCUT2D eigenvalue weighted by Gasteiger charge is 2.33. The van der Waals surface area contributed by atoms with Gasteiger partial charge in [-0.1, -0.05) is 40.5 Å². The highest BCUT2D eigenvalue weighted by molar-refractivity contribution is 7.80. The second-order valence-corrected chi connectivity index (χ2v) is 8.39. The summed E-state index contributed by atoms with van der Waals surface area (Å²) in [5.74, 6) is -0.446. The van der Waals surface area contributed by atoms with E-state index in [1.165, 1.54) is 0 Å². The van der Waals surface area contributed by atoms with E-state index in [1.807, 2.05) is 25.8 Å². The fourth-order valence-electron chi connectivity index (χ4n) is 3.28. The average Bonchev–Trinajstić information content (AvgIpc) is 2.69. The van der Waals surface area contributed by atoms with Crippen LogP contribution in [0, 0.1) is 11.8 Å². The van der Waals surface area contributed by atoms with Crippen LogP contribution in [0.3, 0.4) is 0 Å². The molecule has 9 heteroatoms. The molecule has 1 amide bonds. The van der Waals surface area contributed by atoms with Gasteiger partial charge in [-0.3, -0.25) is 9.69 Å². The lowest BCUT2D eigenvalue weighted by Gasteiger charge is -2.36. The highest BCUT2D eigenvalue weighted by Crippen LogP contribution is 2.17. The summed E-state index contributed by atoms with van der Waals surface area (Å²) < 4.78 is 0. The lowest BCUT2D eigenvalue weighted by molar-refractivity contribution is -0.143. The quantitative estimate of drug-likeness (QED) is 0.196. The van der Waals surface area contributed by atoms with Crippen LogP contribution >= 0.6 is 12.6 Å². The summed E-state index contributed by atoms with van der Waals surface area (Å²) in [7, 11) is 1.90. The zero-order chi connectivity index (χ0) is 22.6. The first-order chi connectivity index (χ1) is 13.6. The van der Waals surface area contributed by atoms with Gasteiger partial charge >= 0.3 is 5.97 Å². The van der Waals surface area contributed by atoms with Gasteiger partial charge < -0.3 is 26.6 Å². The number of nitrogens with zero attached hydrogens (tertiary/aromatic N) is 1. The van der Waals surface area contributed by atoms with Gasteiger partial charge in [0.2, 0.25) is 5.91 Å². The molecule has 0 saturated heterocycles. The number of carbonyl (C=O) groups is 2. The second-order valence-electron chi connectivity index (χ2n) is 8.02. The molecule has 0 spiro atoms. The average molecular weight is 435 g/mol. The monoisotopic (exact) mass is 434 g/mol. The minimum atomic E-state index is -1.14. The summed E-state index contributed by atoms with van der Waals surface area (Å²) >= 11 is 4.23. The number of thiol groups is 1. The fraction of sp³-hybridized carbons (Fsp3) is 0.900. The van der Waals surface area contributed by atoms with E-state index in [2.05, 4.69) is 37.1 Å². The van der Waals surface area contributed by atoms with Crippen molar-refractivity contribution in [1.29, 1.82) is 0 Å². The number of aliphatic carboxylic acids is 1. The lowest BCUT2D eigenvalue weighted by atomic mass is 9.93. The van der Waals surface area contributed by atoms with Gasteiger partial charge in [0.15, 0.2) is 0 Å². The first-order valence-corrected chi connectivity index (χ1v) is 11.2. The molecule has 0 aromatic rings. The fourth-order valence-corrected chi connectivity index (χ4v) is 3.41. The number of nitrogens with two attached hydrogens (primary N) is 1. The summed E-state index contributed by atoms with van der Waals surface area (Å²) in [6.45, 7) is 9.27. The second kappa shape index (κ2) is 15.0. The molecule has 0 aliphatic heterocycles. The number of carboxylic acid groups (broad SMARTS) is 1. The van der Waals surface area contributed by atoms with Crippen molar-refractivity contribution in [1.82, 2.24) is 15.5 Å². The van der Waals surface area contributed by atoms with Gasteiger partial charge in [0.05, 0.1) is 6.04 Å². The Labute approximate surface area is 181 Å². The number of carbonyl (C=O) groups excluding carboxylic acids is 1. The molecular formula is C20H42N4O4S. The topological polar surface area (TPSA) is 128 Å². The maximum absolute atomic E-state index is 13.0. The zero-order valence-corrected chi connectivity index (χ0v) is 19.5. The number of amides is 1. The molecule has 0 radical (unpaired) electrons. The van der Waals surface area contributed by atoms with Crippen molar-refractivity contribution in [3.05, 3.63) is 0 Å². The minimum Gasteiger partial charge on any atom is -0.480 e. The van der Waals surface area contributed by atoms with Crippen molar-refractivity contribution in [2.24, 2.45) is 17.6 Å². The molecule has 29 heavy (non-hydrogen) atoms. The number of hydrogen-bond donors (Lipinski definition) is 6. The molecule has 0 bridgehead atoms. The SMILES string of the molecule is CCC(C)C(CN(C)C(C(=O)NC(CCO)C(=O)O)C(C)CC)NC[C@H](N)CS. The van der Waals surface area contributed by atoms with Crippen LogP contribution in [0.5, 0.6) is 0 Å². The van der Waals surface area contributed by atoms with E-state index in [-0.39, 0.29) is 36.9 Å². The van der Waals surface area contributed by atoms with Gasteiger partial charge in [-0.25, -0.2) is 4.79 Å². The van der Waals surface area contributed by atoms with Crippen LogP contribution in [0.1, 0.15) is 47.0 Å². The van der Waals surface area contributed by atoms with E-state index in [4.69, 9.17) is 10.8 Å². The number of aliphatic hydroxyl groups is 1. The van der Waals surface area contributed by atoms with E-state index in [0.29, 0.717) is 24.8 Å². The molecule has 0 aliphatic carbocycles. The Kier molecular flexibility index (Phi) is 14.6. The van der Waals surface area contributed by atoms with E-state index < -0.39 is 18.1 Å². The maximum atomic E-state index is 13.0. The number of hydrogen-bond acceptors (Lipinski definition) is 7. The van der Waals surface area contributed by atoms with Gasteiger partial charge in [0.1, 0.15) is 6.04 Å². The Hall–Kier alpha value is -0.870. The Bertz CT molecular complexity index is 483. The molecule has 6 N–H and O–H groups in total. The predicted molar refractivity (Wildman–Crippen MR) is 120 cm³/mol. The van der Waals surface area contributed by atoms with E-state index in [0.717, 1.165) is 12.8 Å². The van der Waals surface area contributed by atoms with Crippen LogP contribution in [0.4, 0.5) is 0 Å². The van der Waals surface area contributed by atoms with Crippen LogP contribution in [0.2, 0.25) is 0 Å². The maximum Gasteiger partial charge on any atom is 0.326 e.